The van der Waals surface area contributed by atoms with Crippen molar-refractivity contribution >= 4 is 5.97 Å². The van der Waals surface area contributed by atoms with E-state index < -0.39 is 5.97 Å². The van der Waals surface area contributed by atoms with E-state index in [9.17, 15) is 0 Å². The van der Waals surface area contributed by atoms with Gasteiger partial charge >= 0.3 is 26.2 Å². The molecule has 0 aromatic carbocycles. The fraction of sp³-hybridized carbons (Fsp3) is 0.200. The van der Waals surface area contributed by atoms with Gasteiger partial charge in [-0.25, -0.2) is 0 Å². The van der Waals surface area contributed by atoms with Gasteiger partial charge in [0.2, 0.25) is 0 Å². The Bertz CT molecular complexity index is 33.4. The molecule has 0 aliphatic carbocycles. The van der Waals surface area contributed by atoms with Crippen molar-refractivity contribution in [1.82, 2.24) is 0 Å². The van der Waals surface area contributed by atoms with Crippen LogP contribution < -0.4 is 0 Å². The third-order valence-electron chi connectivity index (χ3n) is 0. The molecule has 0 bridgehead atoms. The first-order valence-electron chi connectivity index (χ1n) is 0.928. The molecule has 2 nitrogen and oxygen atoms in total. The maximum atomic E-state index is 9.00. The van der Waals surface area contributed by atoms with E-state index in [2.05, 4.69) is 0 Å². The van der Waals surface area contributed by atoms with Crippen LogP contribution in [0.5, 0.6) is 0 Å². The molecule has 0 unspecified atom stereocenters. The van der Waals surface area contributed by atoms with Gasteiger partial charge < -0.3 is 27.4 Å². The van der Waals surface area contributed by atoms with Crippen molar-refractivity contribution in [2.75, 3.05) is 0 Å². The standard InChI is InChI=1S/C2H4O2.3CH3.Zr/c1-2(3)4;;;;/h1H3,(H,3,4);3*1H3;/q;3*-1;+3. The van der Waals surface area contributed by atoms with E-state index in [1.54, 1.807) is 0 Å². The van der Waals surface area contributed by atoms with Crippen LogP contribution in [0.3, 0.4) is 0 Å². The predicted molar refractivity (Wildman–Crippen MR) is 32.6 cm³/mol. The largest absolute Gasteiger partial charge is 3.00 e. The maximum Gasteiger partial charge on any atom is 3.00 e. The first-order chi connectivity index (χ1) is 1.73. The number of aliphatic carboxylic acids is 1. The van der Waals surface area contributed by atoms with Gasteiger partial charge in [-0.1, -0.05) is 0 Å². The molecular weight excluding hydrogens is 183 g/mol. The van der Waals surface area contributed by atoms with E-state index in [1.165, 1.54) is 0 Å². The Morgan fingerprint density at radius 3 is 1.25 bits per heavy atom. The second kappa shape index (κ2) is 26.4. The molecule has 0 aliphatic rings. The van der Waals surface area contributed by atoms with E-state index >= 15 is 0 Å². The molecule has 0 amide bonds. The van der Waals surface area contributed by atoms with Gasteiger partial charge in [-0.05, 0) is 0 Å². The third kappa shape index (κ3) is 1460. The molecule has 1 N–H and O–H groups in total. The van der Waals surface area contributed by atoms with E-state index in [4.69, 9.17) is 9.90 Å². The van der Waals surface area contributed by atoms with Crippen LogP contribution in [-0.4, -0.2) is 11.1 Å². The minimum Gasteiger partial charge on any atom is -0.481 e. The van der Waals surface area contributed by atoms with Gasteiger partial charge in [0.05, 0.1) is 0 Å². The van der Waals surface area contributed by atoms with Crippen molar-refractivity contribution in [3.63, 3.8) is 0 Å². The summed E-state index contributed by atoms with van der Waals surface area (Å²) in [6, 6.07) is 0. The molecule has 49 valence electrons. The Hall–Kier alpha value is 0.353. The first kappa shape index (κ1) is 40.2. The topological polar surface area (TPSA) is 37.3 Å². The minimum atomic E-state index is -0.833. The van der Waals surface area contributed by atoms with Gasteiger partial charge in [0, 0.05) is 6.92 Å². The summed E-state index contributed by atoms with van der Waals surface area (Å²) >= 11 is 0. The molecule has 0 saturated heterocycles. The summed E-state index contributed by atoms with van der Waals surface area (Å²) in [5.41, 5.74) is 0. The molecule has 0 aliphatic heterocycles. The van der Waals surface area contributed by atoms with Crippen LogP contribution in [0.1, 0.15) is 6.92 Å². The van der Waals surface area contributed by atoms with Crippen LogP contribution in [0.25, 0.3) is 0 Å². The van der Waals surface area contributed by atoms with Crippen LogP contribution in [0, 0.1) is 22.3 Å². The number of carboxylic acids is 1. The van der Waals surface area contributed by atoms with Crippen molar-refractivity contribution < 1.29 is 36.1 Å². The monoisotopic (exact) mass is 195 g/mol. The Balaban J connectivity index is -0.00000000750. The summed E-state index contributed by atoms with van der Waals surface area (Å²) in [7, 11) is 0. The molecular formula is C5H13O2Zr. The van der Waals surface area contributed by atoms with Crippen LogP contribution in [-0.2, 0) is 31.0 Å². The number of carboxylic acid groups (broad SMARTS) is 1. The van der Waals surface area contributed by atoms with Crippen molar-refractivity contribution in [2.24, 2.45) is 0 Å². The average Bonchev–Trinajstić information content (AvgIpc) is 0.811. The van der Waals surface area contributed by atoms with Crippen molar-refractivity contribution in [2.45, 2.75) is 6.92 Å². The molecule has 1 radical (unpaired) electrons. The maximum absolute atomic E-state index is 9.00. The number of hydrogen-bond acceptors (Lipinski definition) is 1. The van der Waals surface area contributed by atoms with Crippen molar-refractivity contribution in [3.8, 4) is 0 Å². The zero-order chi connectivity index (χ0) is 3.58. The van der Waals surface area contributed by atoms with Crippen LogP contribution in [0.2, 0.25) is 0 Å². The van der Waals surface area contributed by atoms with E-state index in [-0.39, 0.29) is 48.5 Å². The smallest absolute Gasteiger partial charge is 0.481 e. The van der Waals surface area contributed by atoms with E-state index in [0.717, 1.165) is 6.92 Å². The quantitative estimate of drug-likeness (QED) is 0.595. The Morgan fingerprint density at radius 2 is 1.25 bits per heavy atom. The summed E-state index contributed by atoms with van der Waals surface area (Å²) in [4.78, 5) is 9.00. The van der Waals surface area contributed by atoms with Gasteiger partial charge in [-0.2, -0.15) is 0 Å². The van der Waals surface area contributed by atoms with Gasteiger partial charge in [0.25, 0.3) is 5.97 Å². The molecule has 0 aromatic heterocycles. The molecule has 3 heteroatoms. The summed E-state index contributed by atoms with van der Waals surface area (Å²) in [6.45, 7) is 1.08. The van der Waals surface area contributed by atoms with Crippen LogP contribution in [0.15, 0.2) is 0 Å². The Morgan fingerprint density at radius 1 is 1.25 bits per heavy atom. The third-order valence-corrected chi connectivity index (χ3v) is 0. The average molecular weight is 196 g/mol. The number of carbonyl (C=O) groups is 1. The summed E-state index contributed by atoms with van der Waals surface area (Å²) in [6.07, 6.45) is 0. The Kier molecular flexibility index (Phi) is 133. The second-order valence-corrected chi connectivity index (χ2v) is 0.519. The molecule has 0 fully saturated rings. The molecule has 0 spiro atoms. The van der Waals surface area contributed by atoms with Gasteiger partial charge in [-0.15, -0.1) is 0 Å². The minimum absolute atomic E-state index is 0. The van der Waals surface area contributed by atoms with Crippen molar-refractivity contribution in [3.05, 3.63) is 22.3 Å². The summed E-state index contributed by atoms with van der Waals surface area (Å²) < 4.78 is 0. The fourth-order valence-corrected chi connectivity index (χ4v) is 0. The fourth-order valence-electron chi connectivity index (χ4n) is 0. The van der Waals surface area contributed by atoms with Gasteiger partial charge in [0.15, 0.2) is 0 Å². The van der Waals surface area contributed by atoms with Gasteiger partial charge in [0.1, 0.15) is 0 Å². The van der Waals surface area contributed by atoms with Gasteiger partial charge in [-0.3, -0.25) is 4.79 Å². The zero-order valence-corrected chi connectivity index (χ0v) is 8.31. The van der Waals surface area contributed by atoms with Crippen LogP contribution in [0.4, 0.5) is 0 Å². The predicted octanol–water partition coefficient (Wildman–Crippen LogP) is 1.44. The molecule has 0 atom stereocenters. The molecule has 0 heterocycles. The molecule has 0 saturated carbocycles. The zero-order valence-electron chi connectivity index (χ0n) is 5.86. The first-order valence-corrected chi connectivity index (χ1v) is 0.928. The summed E-state index contributed by atoms with van der Waals surface area (Å²) in [5.74, 6) is -0.833. The van der Waals surface area contributed by atoms with Crippen molar-refractivity contribution in [1.29, 1.82) is 0 Å². The summed E-state index contributed by atoms with van der Waals surface area (Å²) in [5, 5.41) is 7.42. The second-order valence-electron chi connectivity index (χ2n) is 0.519. The normalized spacial score (nSPS) is 3.12. The van der Waals surface area contributed by atoms with Crippen LogP contribution >= 0.6 is 0 Å². The number of rotatable bonds is 0. The molecule has 8 heavy (non-hydrogen) atoms. The van der Waals surface area contributed by atoms with E-state index in [1.807, 2.05) is 0 Å². The molecule has 0 aromatic rings. The Labute approximate surface area is 71.4 Å². The van der Waals surface area contributed by atoms with E-state index in [0.29, 0.717) is 0 Å². The SMILES string of the molecule is CC(=O)O.[CH3-].[CH3-].[CH3-].[Zr+3]. The number of hydrogen-bond donors (Lipinski definition) is 1. The molecule has 0 rings (SSSR count).